The predicted octanol–water partition coefficient (Wildman–Crippen LogP) is 4.66. The van der Waals surface area contributed by atoms with Crippen LogP contribution in [0.5, 0.6) is 5.88 Å². The SMILES string of the molecule is CC(C)(C)OC(=O)N1CC[C@H](C(C)(C)C)[C@@H]1COc1cc(CI)on1. The zero-order chi connectivity index (χ0) is 18.8. The maximum atomic E-state index is 12.6. The summed E-state index contributed by atoms with van der Waals surface area (Å²) < 4.78 is 17.4. The molecule has 0 N–H and O–H groups in total. The third kappa shape index (κ3) is 5.49. The molecule has 7 heteroatoms. The number of amides is 1. The molecular formula is C18H29IN2O4. The molecule has 0 spiro atoms. The Morgan fingerprint density at radius 3 is 2.56 bits per heavy atom. The molecule has 1 amide bonds. The Kier molecular flexibility index (Phi) is 6.27. The first-order chi connectivity index (χ1) is 11.5. The maximum Gasteiger partial charge on any atom is 0.410 e. The Morgan fingerprint density at radius 2 is 2.04 bits per heavy atom. The van der Waals surface area contributed by atoms with Crippen LogP contribution in [0, 0.1) is 11.3 Å². The molecule has 1 aromatic heterocycles. The van der Waals surface area contributed by atoms with Crippen LogP contribution in [-0.4, -0.2) is 40.9 Å². The molecule has 0 saturated carbocycles. The summed E-state index contributed by atoms with van der Waals surface area (Å²) in [5, 5.41) is 3.93. The Balaban J connectivity index is 2.11. The highest BCUT2D eigenvalue weighted by Gasteiger charge is 2.44. The number of halogens is 1. The second-order valence-electron chi connectivity index (χ2n) is 8.58. The number of hydrogen-bond acceptors (Lipinski definition) is 5. The number of likely N-dealkylation sites (tertiary alicyclic amines) is 1. The number of carbonyl (C=O) groups is 1. The molecule has 2 rings (SSSR count). The second kappa shape index (κ2) is 7.72. The topological polar surface area (TPSA) is 64.8 Å². The molecule has 1 aliphatic heterocycles. The number of aromatic nitrogens is 1. The highest BCUT2D eigenvalue weighted by atomic mass is 127. The molecule has 2 heterocycles. The van der Waals surface area contributed by atoms with Crippen molar-refractivity contribution in [2.24, 2.45) is 11.3 Å². The van der Waals surface area contributed by atoms with E-state index in [1.807, 2.05) is 20.8 Å². The van der Waals surface area contributed by atoms with Crippen molar-refractivity contribution in [1.82, 2.24) is 10.1 Å². The average Bonchev–Trinajstić information content (AvgIpc) is 3.09. The molecule has 0 aliphatic carbocycles. The fourth-order valence-corrected chi connectivity index (χ4v) is 3.57. The molecular weight excluding hydrogens is 435 g/mol. The van der Waals surface area contributed by atoms with Gasteiger partial charge in [-0.3, -0.25) is 0 Å². The fourth-order valence-electron chi connectivity index (χ4n) is 3.21. The van der Waals surface area contributed by atoms with Gasteiger partial charge >= 0.3 is 6.09 Å². The van der Waals surface area contributed by atoms with Crippen molar-refractivity contribution in [3.63, 3.8) is 0 Å². The Hall–Kier alpha value is -0.990. The third-order valence-corrected chi connectivity index (χ3v) is 5.11. The third-order valence-electron chi connectivity index (χ3n) is 4.36. The molecule has 142 valence electrons. The van der Waals surface area contributed by atoms with Gasteiger partial charge in [0.1, 0.15) is 18.0 Å². The average molecular weight is 464 g/mol. The van der Waals surface area contributed by atoms with Crippen molar-refractivity contribution in [3.05, 3.63) is 11.8 Å². The molecule has 6 nitrogen and oxygen atoms in total. The van der Waals surface area contributed by atoms with Crippen molar-refractivity contribution in [2.75, 3.05) is 13.2 Å². The van der Waals surface area contributed by atoms with Crippen LogP contribution in [0.4, 0.5) is 4.79 Å². The van der Waals surface area contributed by atoms with Crippen LogP contribution in [0.3, 0.4) is 0 Å². The van der Waals surface area contributed by atoms with E-state index in [9.17, 15) is 4.79 Å². The molecule has 0 bridgehead atoms. The minimum Gasteiger partial charge on any atom is -0.473 e. The first-order valence-electron chi connectivity index (χ1n) is 8.65. The van der Waals surface area contributed by atoms with Crippen LogP contribution in [-0.2, 0) is 9.16 Å². The largest absolute Gasteiger partial charge is 0.473 e. The number of carbonyl (C=O) groups excluding carboxylic acids is 1. The summed E-state index contributed by atoms with van der Waals surface area (Å²) in [7, 11) is 0. The van der Waals surface area contributed by atoms with E-state index in [0.29, 0.717) is 24.9 Å². The first-order valence-corrected chi connectivity index (χ1v) is 10.2. The fraction of sp³-hybridized carbons (Fsp3) is 0.778. The van der Waals surface area contributed by atoms with Crippen molar-refractivity contribution in [3.8, 4) is 5.88 Å². The van der Waals surface area contributed by atoms with Gasteiger partial charge in [0.25, 0.3) is 5.88 Å². The quantitative estimate of drug-likeness (QED) is 0.479. The van der Waals surface area contributed by atoms with Gasteiger partial charge in [-0.15, -0.1) is 0 Å². The lowest BCUT2D eigenvalue weighted by molar-refractivity contribution is 0.0112. The van der Waals surface area contributed by atoms with Crippen molar-refractivity contribution >= 4 is 28.7 Å². The molecule has 1 fully saturated rings. The van der Waals surface area contributed by atoms with E-state index in [1.54, 1.807) is 11.0 Å². The minimum atomic E-state index is -0.510. The second-order valence-corrected chi connectivity index (χ2v) is 9.34. The number of alkyl halides is 1. The normalized spacial score (nSPS) is 21.5. The zero-order valence-electron chi connectivity index (χ0n) is 16.0. The standard InChI is InChI=1S/C18H29IN2O4/c1-17(2,3)13-7-8-21(16(22)24-18(4,5)6)14(13)11-23-15-9-12(10-19)25-20-15/h9,13-14H,7-8,10-11H2,1-6H3/t13-,14-/m0/s1. The van der Waals surface area contributed by atoms with Crippen LogP contribution in [0.15, 0.2) is 10.6 Å². The van der Waals surface area contributed by atoms with E-state index in [4.69, 9.17) is 14.0 Å². The molecule has 0 radical (unpaired) electrons. The zero-order valence-corrected chi connectivity index (χ0v) is 18.1. The molecule has 1 aliphatic rings. The van der Waals surface area contributed by atoms with Gasteiger partial charge in [-0.2, -0.15) is 0 Å². The maximum absolute atomic E-state index is 12.6. The van der Waals surface area contributed by atoms with Crippen LogP contribution < -0.4 is 4.74 Å². The van der Waals surface area contributed by atoms with Crippen LogP contribution in [0.25, 0.3) is 0 Å². The van der Waals surface area contributed by atoms with Gasteiger partial charge in [-0.25, -0.2) is 4.79 Å². The van der Waals surface area contributed by atoms with Gasteiger partial charge in [-0.1, -0.05) is 43.4 Å². The van der Waals surface area contributed by atoms with E-state index in [1.165, 1.54) is 0 Å². The molecule has 1 aromatic rings. The number of hydrogen-bond donors (Lipinski definition) is 0. The minimum absolute atomic E-state index is 0.0467. The van der Waals surface area contributed by atoms with Gasteiger partial charge in [0, 0.05) is 12.6 Å². The van der Waals surface area contributed by atoms with E-state index in [-0.39, 0.29) is 17.6 Å². The smallest absolute Gasteiger partial charge is 0.410 e. The predicted molar refractivity (Wildman–Crippen MR) is 104 cm³/mol. The van der Waals surface area contributed by atoms with Crippen LogP contribution in [0.2, 0.25) is 0 Å². The van der Waals surface area contributed by atoms with Gasteiger partial charge in [0.2, 0.25) is 0 Å². The summed E-state index contributed by atoms with van der Waals surface area (Å²) in [6.07, 6.45) is 0.662. The van der Waals surface area contributed by atoms with E-state index in [2.05, 4.69) is 48.5 Å². The summed E-state index contributed by atoms with van der Waals surface area (Å²) in [5.74, 6) is 1.57. The monoisotopic (exact) mass is 464 g/mol. The first kappa shape index (κ1) is 20.3. The molecule has 1 saturated heterocycles. The Morgan fingerprint density at radius 1 is 1.36 bits per heavy atom. The summed E-state index contributed by atoms with van der Waals surface area (Å²) in [6, 6.07) is 1.75. The lowest BCUT2D eigenvalue weighted by Crippen LogP contribution is -2.46. The molecule has 0 unspecified atom stereocenters. The van der Waals surface area contributed by atoms with Crippen molar-refractivity contribution in [2.45, 2.75) is 64.0 Å². The Labute approximate surface area is 163 Å². The highest BCUT2D eigenvalue weighted by molar-refractivity contribution is 14.1. The lowest BCUT2D eigenvalue weighted by Gasteiger charge is -2.35. The Bertz CT molecular complexity index is 589. The number of nitrogens with zero attached hydrogens (tertiary/aromatic N) is 2. The van der Waals surface area contributed by atoms with Crippen molar-refractivity contribution < 1.29 is 18.8 Å². The molecule has 25 heavy (non-hydrogen) atoms. The van der Waals surface area contributed by atoms with Gasteiger partial charge in [0.15, 0.2) is 0 Å². The van der Waals surface area contributed by atoms with Gasteiger partial charge in [-0.05, 0) is 43.7 Å². The van der Waals surface area contributed by atoms with Crippen LogP contribution in [0.1, 0.15) is 53.7 Å². The summed E-state index contributed by atoms with van der Waals surface area (Å²) >= 11 is 2.21. The highest BCUT2D eigenvalue weighted by Crippen LogP contribution is 2.39. The number of rotatable bonds is 4. The lowest BCUT2D eigenvalue weighted by atomic mass is 9.76. The van der Waals surface area contributed by atoms with E-state index in [0.717, 1.165) is 16.6 Å². The van der Waals surface area contributed by atoms with Crippen LogP contribution >= 0.6 is 22.6 Å². The molecule has 2 atom stereocenters. The van der Waals surface area contributed by atoms with E-state index < -0.39 is 5.60 Å². The van der Waals surface area contributed by atoms with Gasteiger partial charge < -0.3 is 18.9 Å². The van der Waals surface area contributed by atoms with Crippen molar-refractivity contribution in [1.29, 1.82) is 0 Å². The van der Waals surface area contributed by atoms with E-state index >= 15 is 0 Å². The summed E-state index contributed by atoms with van der Waals surface area (Å²) in [6.45, 7) is 13.3. The van der Waals surface area contributed by atoms with Gasteiger partial charge in [0.05, 0.1) is 10.5 Å². The number of ether oxygens (including phenoxy) is 2. The summed E-state index contributed by atoms with van der Waals surface area (Å²) in [5.41, 5.74) is -0.439. The summed E-state index contributed by atoms with van der Waals surface area (Å²) in [4.78, 5) is 14.4. The molecule has 0 aromatic carbocycles.